The molecule has 0 bridgehead atoms. The van der Waals surface area contributed by atoms with Crippen molar-refractivity contribution >= 4 is 23.6 Å². The molecule has 0 aromatic carbocycles. The van der Waals surface area contributed by atoms with Crippen LogP contribution in [0, 0.1) is 13.8 Å². The number of nitrogens with zero attached hydrogens (tertiary/aromatic N) is 2. The van der Waals surface area contributed by atoms with Crippen LogP contribution in [0.2, 0.25) is 0 Å². The molecular formula is C10H13N3O3S. The normalized spacial score (nSPS) is 10.0. The van der Waals surface area contributed by atoms with E-state index in [1.54, 1.807) is 0 Å². The van der Waals surface area contributed by atoms with Gasteiger partial charge in [0.1, 0.15) is 6.54 Å². The second-order valence-corrected chi connectivity index (χ2v) is 4.33. The van der Waals surface area contributed by atoms with E-state index < -0.39 is 5.97 Å². The first-order chi connectivity index (χ1) is 7.97. The Labute approximate surface area is 103 Å². The monoisotopic (exact) mass is 255 g/mol. The van der Waals surface area contributed by atoms with Crippen molar-refractivity contribution in [3.63, 3.8) is 0 Å². The first-order valence-corrected chi connectivity index (χ1v) is 5.89. The number of amides is 1. The molecule has 0 unspecified atom stereocenters. The van der Waals surface area contributed by atoms with Gasteiger partial charge < -0.3 is 10.4 Å². The summed E-state index contributed by atoms with van der Waals surface area (Å²) in [5, 5.41) is 11.2. The van der Waals surface area contributed by atoms with Crippen LogP contribution in [0.25, 0.3) is 0 Å². The zero-order valence-corrected chi connectivity index (χ0v) is 10.4. The number of nitrogens with one attached hydrogen (secondary N) is 1. The summed E-state index contributed by atoms with van der Waals surface area (Å²) in [6.07, 6.45) is 0. The maximum absolute atomic E-state index is 11.2. The Morgan fingerprint density at radius 1 is 1.35 bits per heavy atom. The number of carbonyl (C=O) groups excluding carboxylic acids is 1. The van der Waals surface area contributed by atoms with Gasteiger partial charge in [0.15, 0.2) is 5.16 Å². The number of aromatic nitrogens is 2. The van der Waals surface area contributed by atoms with Crippen LogP contribution >= 0.6 is 11.8 Å². The van der Waals surface area contributed by atoms with Gasteiger partial charge in [-0.15, -0.1) is 0 Å². The topological polar surface area (TPSA) is 92.2 Å². The zero-order chi connectivity index (χ0) is 12.8. The van der Waals surface area contributed by atoms with Crippen molar-refractivity contribution in [2.45, 2.75) is 19.0 Å². The lowest BCUT2D eigenvalue weighted by Crippen LogP contribution is -2.30. The van der Waals surface area contributed by atoms with Crippen LogP contribution in [0.4, 0.5) is 0 Å². The van der Waals surface area contributed by atoms with E-state index in [4.69, 9.17) is 5.11 Å². The lowest BCUT2D eigenvalue weighted by molar-refractivity contribution is -0.137. The maximum atomic E-state index is 11.2. The van der Waals surface area contributed by atoms with Crippen LogP contribution in [-0.4, -0.2) is 39.2 Å². The first kappa shape index (κ1) is 13.4. The number of carboxylic acid groups (broad SMARTS) is 1. The van der Waals surface area contributed by atoms with Crippen molar-refractivity contribution in [1.29, 1.82) is 0 Å². The Morgan fingerprint density at radius 3 is 2.47 bits per heavy atom. The molecule has 0 aliphatic carbocycles. The largest absolute Gasteiger partial charge is 0.480 e. The van der Waals surface area contributed by atoms with E-state index in [1.807, 2.05) is 19.9 Å². The predicted molar refractivity (Wildman–Crippen MR) is 62.9 cm³/mol. The highest BCUT2D eigenvalue weighted by Gasteiger charge is 2.07. The van der Waals surface area contributed by atoms with Crippen molar-refractivity contribution in [2.24, 2.45) is 0 Å². The highest BCUT2D eigenvalue weighted by Crippen LogP contribution is 2.13. The molecule has 0 spiro atoms. The summed E-state index contributed by atoms with van der Waals surface area (Å²) in [5.74, 6) is -1.30. The van der Waals surface area contributed by atoms with Crippen molar-refractivity contribution in [1.82, 2.24) is 15.3 Å². The molecule has 1 rings (SSSR count). The maximum Gasteiger partial charge on any atom is 0.322 e. The molecule has 0 atom stereocenters. The van der Waals surface area contributed by atoms with Gasteiger partial charge in [-0.05, 0) is 19.9 Å². The van der Waals surface area contributed by atoms with Gasteiger partial charge in [-0.3, -0.25) is 9.59 Å². The van der Waals surface area contributed by atoms with E-state index in [1.165, 1.54) is 11.8 Å². The van der Waals surface area contributed by atoms with Crippen LogP contribution in [-0.2, 0) is 9.59 Å². The van der Waals surface area contributed by atoms with Gasteiger partial charge in [0.2, 0.25) is 5.91 Å². The lowest BCUT2D eigenvalue weighted by atomic mass is 10.4. The van der Waals surface area contributed by atoms with Crippen LogP contribution in [0.5, 0.6) is 0 Å². The third-order valence-electron chi connectivity index (χ3n) is 1.73. The van der Waals surface area contributed by atoms with Crippen LogP contribution in [0.15, 0.2) is 11.2 Å². The van der Waals surface area contributed by atoms with E-state index in [0.29, 0.717) is 5.16 Å². The number of aryl methyl sites for hydroxylation is 2. The molecule has 2 N–H and O–H groups in total. The number of aliphatic carboxylic acids is 1. The van der Waals surface area contributed by atoms with E-state index in [2.05, 4.69) is 15.3 Å². The molecule has 17 heavy (non-hydrogen) atoms. The fourth-order valence-electron chi connectivity index (χ4n) is 1.11. The Kier molecular flexibility index (Phi) is 4.89. The average molecular weight is 255 g/mol. The van der Waals surface area contributed by atoms with Crippen LogP contribution in [0.3, 0.4) is 0 Å². The van der Waals surface area contributed by atoms with Gasteiger partial charge in [-0.2, -0.15) is 0 Å². The van der Waals surface area contributed by atoms with Crippen molar-refractivity contribution < 1.29 is 14.7 Å². The molecule has 6 nitrogen and oxygen atoms in total. The molecule has 1 amide bonds. The minimum atomic E-state index is -1.06. The molecule has 1 aromatic heterocycles. The highest BCUT2D eigenvalue weighted by molar-refractivity contribution is 7.99. The molecule has 0 saturated heterocycles. The predicted octanol–water partition coefficient (Wildman–Crippen LogP) is 0.386. The van der Waals surface area contributed by atoms with Crippen LogP contribution < -0.4 is 5.32 Å². The summed E-state index contributed by atoms with van der Waals surface area (Å²) in [4.78, 5) is 29.8. The second kappa shape index (κ2) is 6.19. The van der Waals surface area contributed by atoms with E-state index in [0.717, 1.165) is 11.4 Å². The van der Waals surface area contributed by atoms with Gasteiger partial charge >= 0.3 is 5.97 Å². The molecule has 1 heterocycles. The van der Waals surface area contributed by atoms with E-state index >= 15 is 0 Å². The molecule has 0 radical (unpaired) electrons. The van der Waals surface area contributed by atoms with Gasteiger partial charge in [-0.1, -0.05) is 11.8 Å². The van der Waals surface area contributed by atoms with Gasteiger partial charge in [0.05, 0.1) is 5.75 Å². The first-order valence-electron chi connectivity index (χ1n) is 4.91. The minimum absolute atomic E-state index is 0.107. The molecule has 0 fully saturated rings. The number of thioether (sulfide) groups is 1. The van der Waals surface area contributed by atoms with Crippen molar-refractivity contribution in [3.8, 4) is 0 Å². The third kappa shape index (κ3) is 5.30. The SMILES string of the molecule is Cc1cc(C)nc(SCC(=O)NCC(=O)O)n1. The smallest absolute Gasteiger partial charge is 0.322 e. The number of carbonyl (C=O) groups is 2. The van der Waals surface area contributed by atoms with Crippen LogP contribution in [0.1, 0.15) is 11.4 Å². The quantitative estimate of drug-likeness (QED) is 0.584. The molecule has 1 aromatic rings. The molecule has 0 saturated carbocycles. The van der Waals surface area contributed by atoms with Crippen molar-refractivity contribution in [2.75, 3.05) is 12.3 Å². The fraction of sp³-hybridized carbons (Fsp3) is 0.400. The number of hydrogen-bond acceptors (Lipinski definition) is 5. The summed E-state index contributed by atoms with van der Waals surface area (Å²) in [6, 6.07) is 1.84. The third-order valence-corrected chi connectivity index (χ3v) is 2.58. The summed E-state index contributed by atoms with van der Waals surface area (Å²) in [7, 11) is 0. The zero-order valence-electron chi connectivity index (χ0n) is 9.56. The molecular weight excluding hydrogens is 242 g/mol. The summed E-state index contributed by atoms with van der Waals surface area (Å²) in [5.41, 5.74) is 1.68. The highest BCUT2D eigenvalue weighted by atomic mass is 32.2. The van der Waals surface area contributed by atoms with E-state index in [-0.39, 0.29) is 18.2 Å². The Balaban J connectivity index is 2.44. The van der Waals surface area contributed by atoms with E-state index in [9.17, 15) is 9.59 Å². The number of rotatable bonds is 5. The summed E-state index contributed by atoms with van der Waals surface area (Å²) in [6.45, 7) is 3.33. The van der Waals surface area contributed by atoms with Crippen molar-refractivity contribution in [3.05, 3.63) is 17.5 Å². The molecule has 0 aliphatic heterocycles. The number of carboxylic acids is 1. The Morgan fingerprint density at radius 2 is 1.94 bits per heavy atom. The van der Waals surface area contributed by atoms with Gasteiger partial charge in [0.25, 0.3) is 0 Å². The fourth-order valence-corrected chi connectivity index (χ4v) is 1.89. The average Bonchev–Trinajstić information content (AvgIpc) is 2.22. The summed E-state index contributed by atoms with van der Waals surface area (Å²) >= 11 is 1.18. The number of hydrogen-bond donors (Lipinski definition) is 2. The standard InChI is InChI=1S/C10H13N3O3S/c1-6-3-7(2)13-10(12-6)17-5-8(14)11-4-9(15)16/h3H,4-5H2,1-2H3,(H,11,14)(H,15,16). The Bertz CT molecular complexity index is 417. The molecule has 0 aliphatic rings. The minimum Gasteiger partial charge on any atom is -0.480 e. The van der Waals surface area contributed by atoms with Gasteiger partial charge in [-0.25, -0.2) is 9.97 Å². The second-order valence-electron chi connectivity index (χ2n) is 3.39. The molecule has 7 heteroatoms. The summed E-state index contributed by atoms with van der Waals surface area (Å²) < 4.78 is 0. The Hall–Kier alpha value is -1.63. The van der Waals surface area contributed by atoms with Gasteiger partial charge in [0, 0.05) is 11.4 Å². The lowest BCUT2D eigenvalue weighted by Gasteiger charge is -2.03. The molecule has 92 valence electrons.